The van der Waals surface area contributed by atoms with Crippen molar-refractivity contribution in [2.24, 2.45) is 0 Å². The molecule has 0 saturated carbocycles. The van der Waals surface area contributed by atoms with E-state index in [-0.39, 0.29) is 5.91 Å². The van der Waals surface area contributed by atoms with Gasteiger partial charge in [0.1, 0.15) is 10.8 Å². The van der Waals surface area contributed by atoms with E-state index in [1.54, 1.807) is 17.4 Å². The van der Waals surface area contributed by atoms with Crippen LogP contribution in [0.3, 0.4) is 0 Å². The van der Waals surface area contributed by atoms with Crippen molar-refractivity contribution in [1.29, 1.82) is 0 Å². The number of fused-ring (bicyclic) bond motifs is 1. The first-order valence-electron chi connectivity index (χ1n) is 9.91. The molecular weight excluding hydrogens is 472 g/mol. The quantitative estimate of drug-likeness (QED) is 0.292. The van der Waals surface area contributed by atoms with Gasteiger partial charge in [0.15, 0.2) is 0 Å². The molecule has 0 radical (unpaired) electrons. The molecule has 0 aliphatic carbocycles. The molecule has 3 aromatic carbocycles. The zero-order chi connectivity index (χ0) is 21.8. The Morgan fingerprint density at radius 2 is 1.94 bits per heavy atom. The van der Waals surface area contributed by atoms with E-state index in [1.807, 2.05) is 55.5 Å². The molecular formula is C25H21BrN2O2S. The third-order valence-corrected chi connectivity index (χ3v) is 6.19. The van der Waals surface area contributed by atoms with Crippen LogP contribution < -0.4 is 10.1 Å². The molecule has 1 amide bonds. The SMILES string of the molecule is CCOc1ccc(Br)cc1/C=C/C(=O)Nc1ccc(-c2nc3ccc(C)cc3s2)cc1. The number of ether oxygens (including phenoxy) is 1. The van der Waals surface area contributed by atoms with Crippen molar-refractivity contribution in [3.63, 3.8) is 0 Å². The molecule has 6 heteroatoms. The molecule has 0 atom stereocenters. The maximum Gasteiger partial charge on any atom is 0.248 e. The standard InChI is InChI=1S/C25H21BrN2O2S/c1-3-30-22-12-8-19(26)15-18(22)7-13-24(29)27-20-9-5-17(6-10-20)25-28-21-11-4-16(2)14-23(21)31-25/h4-15H,3H2,1-2H3,(H,27,29)/b13-7+. The Hall–Kier alpha value is -2.96. The van der Waals surface area contributed by atoms with Crippen molar-refractivity contribution in [2.75, 3.05) is 11.9 Å². The van der Waals surface area contributed by atoms with Crippen molar-refractivity contribution in [2.45, 2.75) is 13.8 Å². The van der Waals surface area contributed by atoms with Crippen molar-refractivity contribution in [3.05, 3.63) is 82.3 Å². The Morgan fingerprint density at radius 3 is 2.71 bits per heavy atom. The number of rotatable bonds is 6. The van der Waals surface area contributed by atoms with E-state index in [1.165, 1.54) is 16.3 Å². The van der Waals surface area contributed by atoms with Crippen LogP contribution in [-0.4, -0.2) is 17.5 Å². The number of aryl methyl sites for hydroxylation is 1. The third-order valence-electron chi connectivity index (χ3n) is 4.63. The predicted octanol–water partition coefficient (Wildman–Crippen LogP) is 7.08. The van der Waals surface area contributed by atoms with Gasteiger partial charge in [-0.05, 0) is 80.1 Å². The Balaban J connectivity index is 1.45. The van der Waals surface area contributed by atoms with Crippen LogP contribution in [-0.2, 0) is 4.79 Å². The molecule has 0 aliphatic heterocycles. The van der Waals surface area contributed by atoms with E-state index in [0.29, 0.717) is 6.61 Å². The minimum Gasteiger partial charge on any atom is -0.493 e. The molecule has 1 aromatic heterocycles. The van der Waals surface area contributed by atoms with Crippen LogP contribution in [0, 0.1) is 6.92 Å². The number of carbonyl (C=O) groups is 1. The first kappa shape index (κ1) is 21.3. The molecule has 1 heterocycles. The minimum atomic E-state index is -0.203. The minimum absolute atomic E-state index is 0.203. The fourth-order valence-electron chi connectivity index (χ4n) is 3.14. The Kier molecular flexibility index (Phi) is 6.49. The van der Waals surface area contributed by atoms with E-state index in [0.717, 1.165) is 37.6 Å². The average molecular weight is 493 g/mol. The van der Waals surface area contributed by atoms with Gasteiger partial charge in [-0.25, -0.2) is 4.98 Å². The van der Waals surface area contributed by atoms with Gasteiger partial charge in [-0.3, -0.25) is 4.79 Å². The Morgan fingerprint density at radius 1 is 1.13 bits per heavy atom. The van der Waals surface area contributed by atoms with Crippen LogP contribution in [0.5, 0.6) is 5.75 Å². The van der Waals surface area contributed by atoms with Crippen molar-refractivity contribution in [1.82, 2.24) is 4.98 Å². The number of hydrogen-bond acceptors (Lipinski definition) is 4. The maximum absolute atomic E-state index is 12.4. The summed E-state index contributed by atoms with van der Waals surface area (Å²) in [7, 11) is 0. The van der Waals surface area contributed by atoms with Gasteiger partial charge in [0, 0.05) is 27.4 Å². The van der Waals surface area contributed by atoms with Gasteiger partial charge in [0.25, 0.3) is 0 Å². The first-order chi connectivity index (χ1) is 15.0. The topological polar surface area (TPSA) is 51.2 Å². The van der Waals surface area contributed by atoms with E-state index in [2.05, 4.69) is 40.3 Å². The van der Waals surface area contributed by atoms with Crippen LogP contribution in [0.1, 0.15) is 18.1 Å². The Bertz CT molecular complexity index is 1260. The predicted molar refractivity (Wildman–Crippen MR) is 133 cm³/mol. The number of amides is 1. The van der Waals surface area contributed by atoms with Gasteiger partial charge in [-0.15, -0.1) is 11.3 Å². The highest BCUT2D eigenvalue weighted by atomic mass is 79.9. The summed E-state index contributed by atoms with van der Waals surface area (Å²) in [5, 5.41) is 3.86. The number of nitrogens with one attached hydrogen (secondary N) is 1. The van der Waals surface area contributed by atoms with Crippen LogP contribution in [0.25, 0.3) is 26.9 Å². The van der Waals surface area contributed by atoms with Crippen molar-refractivity contribution >= 4 is 55.2 Å². The summed E-state index contributed by atoms with van der Waals surface area (Å²) >= 11 is 5.13. The molecule has 0 spiro atoms. The number of thiazole rings is 1. The molecule has 0 aliphatic rings. The summed E-state index contributed by atoms with van der Waals surface area (Å²) < 4.78 is 7.72. The summed E-state index contributed by atoms with van der Waals surface area (Å²) in [5.74, 6) is 0.538. The van der Waals surface area contributed by atoms with Gasteiger partial charge in [-0.1, -0.05) is 22.0 Å². The maximum atomic E-state index is 12.4. The molecule has 31 heavy (non-hydrogen) atoms. The summed E-state index contributed by atoms with van der Waals surface area (Å²) in [6, 6.07) is 19.7. The van der Waals surface area contributed by atoms with Crippen molar-refractivity contribution in [3.8, 4) is 16.3 Å². The van der Waals surface area contributed by atoms with Crippen LogP contribution in [0.15, 0.2) is 71.2 Å². The van der Waals surface area contributed by atoms with Gasteiger partial charge in [0.2, 0.25) is 5.91 Å². The van der Waals surface area contributed by atoms with Crippen molar-refractivity contribution < 1.29 is 9.53 Å². The Labute approximate surface area is 193 Å². The largest absolute Gasteiger partial charge is 0.493 e. The smallest absolute Gasteiger partial charge is 0.248 e. The van der Waals surface area contributed by atoms with Crippen LogP contribution >= 0.6 is 27.3 Å². The van der Waals surface area contributed by atoms with Crippen LogP contribution in [0.4, 0.5) is 5.69 Å². The summed E-state index contributed by atoms with van der Waals surface area (Å²) in [5.41, 5.74) is 4.84. The molecule has 4 nitrogen and oxygen atoms in total. The second kappa shape index (κ2) is 9.45. The molecule has 1 N–H and O–H groups in total. The first-order valence-corrected chi connectivity index (χ1v) is 11.5. The number of carbonyl (C=O) groups excluding carboxylic acids is 1. The highest BCUT2D eigenvalue weighted by molar-refractivity contribution is 9.10. The lowest BCUT2D eigenvalue weighted by Gasteiger charge is -2.07. The van der Waals surface area contributed by atoms with Gasteiger partial charge < -0.3 is 10.1 Å². The molecule has 4 aromatic rings. The number of hydrogen-bond donors (Lipinski definition) is 1. The van der Waals surface area contributed by atoms with Gasteiger partial charge in [0.05, 0.1) is 16.8 Å². The number of halogens is 1. The molecule has 0 unspecified atom stereocenters. The fraction of sp³-hybridized carbons (Fsp3) is 0.120. The van der Waals surface area contributed by atoms with E-state index >= 15 is 0 Å². The number of anilines is 1. The molecule has 156 valence electrons. The lowest BCUT2D eigenvalue weighted by molar-refractivity contribution is -0.111. The summed E-state index contributed by atoms with van der Waals surface area (Å²) in [6.07, 6.45) is 3.26. The van der Waals surface area contributed by atoms with E-state index < -0.39 is 0 Å². The van der Waals surface area contributed by atoms with Crippen LogP contribution in [0.2, 0.25) is 0 Å². The monoisotopic (exact) mass is 492 g/mol. The van der Waals surface area contributed by atoms with E-state index in [9.17, 15) is 4.79 Å². The third kappa shape index (κ3) is 5.21. The lowest BCUT2D eigenvalue weighted by Crippen LogP contribution is -2.07. The zero-order valence-corrected chi connectivity index (χ0v) is 19.6. The average Bonchev–Trinajstić information content (AvgIpc) is 3.17. The molecule has 0 fully saturated rings. The van der Waals surface area contributed by atoms with E-state index in [4.69, 9.17) is 9.72 Å². The number of nitrogens with zero attached hydrogens (tertiary/aromatic N) is 1. The summed E-state index contributed by atoms with van der Waals surface area (Å²) in [4.78, 5) is 17.1. The van der Waals surface area contributed by atoms with Gasteiger partial charge in [-0.2, -0.15) is 0 Å². The molecule has 0 saturated heterocycles. The van der Waals surface area contributed by atoms with Gasteiger partial charge >= 0.3 is 0 Å². The normalized spacial score (nSPS) is 11.2. The molecule has 4 rings (SSSR count). The second-order valence-corrected chi connectivity index (χ2v) is 8.95. The molecule has 0 bridgehead atoms. The summed E-state index contributed by atoms with van der Waals surface area (Å²) in [6.45, 7) is 4.58. The highest BCUT2D eigenvalue weighted by Crippen LogP contribution is 2.31. The number of aromatic nitrogens is 1. The zero-order valence-electron chi connectivity index (χ0n) is 17.2. The fourth-order valence-corrected chi connectivity index (χ4v) is 4.59. The second-order valence-electron chi connectivity index (χ2n) is 7.01. The number of benzene rings is 3. The lowest BCUT2D eigenvalue weighted by atomic mass is 10.2. The highest BCUT2D eigenvalue weighted by Gasteiger charge is 2.07.